The predicted molar refractivity (Wildman–Crippen MR) is 98.7 cm³/mol. The first-order chi connectivity index (χ1) is 12.0. The Morgan fingerprint density at radius 1 is 1.24 bits per heavy atom. The number of rotatable bonds is 5. The quantitative estimate of drug-likeness (QED) is 0.796. The Morgan fingerprint density at radius 3 is 2.56 bits per heavy atom. The topological polar surface area (TPSA) is 55.8 Å². The molecule has 2 unspecified atom stereocenters. The normalized spacial score (nSPS) is 22.0. The minimum absolute atomic E-state index is 0.188. The molecule has 136 valence electrons. The number of sulfonamides is 1. The molecule has 0 radical (unpaired) electrons. The van der Waals surface area contributed by atoms with Gasteiger partial charge in [0.25, 0.3) is 10.0 Å². The Hall–Kier alpha value is -1.41. The van der Waals surface area contributed by atoms with Gasteiger partial charge in [-0.2, -0.15) is 4.31 Å². The van der Waals surface area contributed by atoms with Crippen LogP contribution < -0.4 is 4.74 Å². The number of benzene rings is 1. The van der Waals surface area contributed by atoms with Gasteiger partial charge in [-0.25, -0.2) is 8.42 Å². The second-order valence-corrected chi connectivity index (χ2v) is 9.38. The summed E-state index contributed by atoms with van der Waals surface area (Å²) >= 11 is 1.35. The van der Waals surface area contributed by atoms with Crippen LogP contribution in [0, 0.1) is 0 Å². The van der Waals surface area contributed by atoms with Gasteiger partial charge < -0.3 is 9.47 Å². The molecule has 0 bridgehead atoms. The van der Waals surface area contributed by atoms with E-state index in [0.717, 1.165) is 22.6 Å². The molecule has 5 nitrogen and oxygen atoms in total. The molecule has 0 amide bonds. The fraction of sp³-hybridized carbons (Fsp3) is 0.444. The van der Waals surface area contributed by atoms with Crippen LogP contribution in [-0.4, -0.2) is 39.0 Å². The number of thiophene rings is 1. The average molecular weight is 382 g/mol. The van der Waals surface area contributed by atoms with E-state index < -0.39 is 10.0 Å². The van der Waals surface area contributed by atoms with E-state index in [1.54, 1.807) is 17.5 Å². The molecule has 1 aromatic carbocycles. The molecule has 0 N–H and O–H groups in total. The first kappa shape index (κ1) is 18.4. The van der Waals surface area contributed by atoms with Crippen LogP contribution in [-0.2, 0) is 21.2 Å². The summed E-state index contributed by atoms with van der Waals surface area (Å²) in [6.07, 6.45) is 0.565. The van der Waals surface area contributed by atoms with Gasteiger partial charge in [0.05, 0.1) is 19.8 Å². The fourth-order valence-electron chi connectivity index (χ4n) is 2.89. The molecule has 1 aliphatic rings. The minimum Gasteiger partial charge on any atom is -0.497 e. The van der Waals surface area contributed by atoms with Gasteiger partial charge in [-0.05, 0) is 43.2 Å². The summed E-state index contributed by atoms with van der Waals surface area (Å²) in [4.78, 5) is 1.08. The Labute approximate surface area is 153 Å². The second-order valence-electron chi connectivity index (χ2n) is 6.09. The molecule has 0 aliphatic carbocycles. The number of ether oxygens (including phenoxy) is 2. The molecule has 0 saturated carbocycles. The maximum Gasteiger partial charge on any atom is 0.252 e. The van der Waals surface area contributed by atoms with Crippen molar-refractivity contribution in [3.63, 3.8) is 0 Å². The number of hydrogen-bond donors (Lipinski definition) is 0. The lowest BCUT2D eigenvalue weighted by Gasteiger charge is -2.36. The highest BCUT2D eigenvalue weighted by molar-refractivity contribution is 7.91. The van der Waals surface area contributed by atoms with Crippen LogP contribution in [0.1, 0.15) is 30.4 Å². The maximum absolute atomic E-state index is 13.1. The monoisotopic (exact) mass is 381 g/mol. The number of nitrogens with zero attached hydrogens (tertiary/aromatic N) is 1. The Bertz CT molecular complexity index is 814. The molecule has 3 rings (SSSR count). The zero-order chi connectivity index (χ0) is 18.0. The summed E-state index contributed by atoms with van der Waals surface area (Å²) < 4.78 is 39.2. The van der Waals surface area contributed by atoms with Crippen molar-refractivity contribution in [2.24, 2.45) is 0 Å². The van der Waals surface area contributed by atoms with Crippen molar-refractivity contribution < 1.29 is 17.9 Å². The Kier molecular flexibility index (Phi) is 5.48. The highest BCUT2D eigenvalue weighted by atomic mass is 32.2. The predicted octanol–water partition coefficient (Wildman–Crippen LogP) is 3.47. The number of aryl methyl sites for hydroxylation is 1. The van der Waals surface area contributed by atoms with Crippen molar-refractivity contribution in [3.8, 4) is 5.75 Å². The summed E-state index contributed by atoms with van der Waals surface area (Å²) in [5.41, 5.74) is 0.952. The summed E-state index contributed by atoms with van der Waals surface area (Å²) in [5, 5.41) is 0. The largest absolute Gasteiger partial charge is 0.497 e. The van der Waals surface area contributed by atoms with E-state index in [1.165, 1.54) is 11.3 Å². The van der Waals surface area contributed by atoms with Crippen molar-refractivity contribution in [2.45, 2.75) is 36.6 Å². The van der Waals surface area contributed by atoms with Crippen molar-refractivity contribution in [2.75, 3.05) is 20.3 Å². The molecule has 1 fully saturated rings. The SMILES string of the molecule is CCc1ccc(S(=O)(=O)N2CC(c3ccc(OC)cc3)OCC2C)s1. The van der Waals surface area contributed by atoms with E-state index in [4.69, 9.17) is 9.47 Å². The van der Waals surface area contributed by atoms with Crippen LogP contribution in [0.5, 0.6) is 5.75 Å². The van der Waals surface area contributed by atoms with E-state index in [1.807, 2.05) is 44.2 Å². The van der Waals surface area contributed by atoms with Gasteiger partial charge in [0.15, 0.2) is 0 Å². The van der Waals surface area contributed by atoms with Crippen LogP contribution >= 0.6 is 11.3 Å². The molecular weight excluding hydrogens is 358 g/mol. The second kappa shape index (κ2) is 7.45. The van der Waals surface area contributed by atoms with E-state index in [2.05, 4.69) is 0 Å². The van der Waals surface area contributed by atoms with Gasteiger partial charge in [0.1, 0.15) is 9.96 Å². The third-order valence-corrected chi connectivity index (χ3v) is 8.09. The van der Waals surface area contributed by atoms with Crippen molar-refractivity contribution in [1.82, 2.24) is 4.31 Å². The van der Waals surface area contributed by atoms with E-state index in [9.17, 15) is 8.42 Å². The third-order valence-electron chi connectivity index (χ3n) is 4.41. The van der Waals surface area contributed by atoms with Gasteiger partial charge in [-0.3, -0.25) is 0 Å². The Morgan fingerprint density at radius 2 is 1.96 bits per heavy atom. The lowest BCUT2D eigenvalue weighted by Crippen LogP contribution is -2.47. The summed E-state index contributed by atoms with van der Waals surface area (Å²) in [5.74, 6) is 0.767. The van der Waals surface area contributed by atoms with Crippen molar-refractivity contribution in [3.05, 3.63) is 46.8 Å². The molecular formula is C18H23NO4S2. The zero-order valence-corrected chi connectivity index (χ0v) is 16.3. The van der Waals surface area contributed by atoms with Crippen molar-refractivity contribution >= 4 is 21.4 Å². The average Bonchev–Trinajstić information content (AvgIpc) is 3.12. The molecule has 2 aromatic rings. The van der Waals surface area contributed by atoms with Crippen LogP contribution in [0.3, 0.4) is 0 Å². The summed E-state index contributed by atoms with van der Waals surface area (Å²) in [7, 11) is -1.89. The summed E-state index contributed by atoms with van der Waals surface area (Å²) in [6, 6.07) is 11.0. The summed E-state index contributed by atoms with van der Waals surface area (Å²) in [6.45, 7) is 4.60. The van der Waals surface area contributed by atoms with Crippen LogP contribution in [0.15, 0.2) is 40.6 Å². The number of hydrogen-bond acceptors (Lipinski definition) is 5. The van der Waals surface area contributed by atoms with Gasteiger partial charge in [-0.1, -0.05) is 19.1 Å². The maximum atomic E-state index is 13.1. The van der Waals surface area contributed by atoms with Gasteiger partial charge in [0, 0.05) is 17.5 Å². The molecule has 1 aliphatic heterocycles. The van der Waals surface area contributed by atoms with E-state index >= 15 is 0 Å². The molecule has 1 saturated heterocycles. The highest BCUT2D eigenvalue weighted by Crippen LogP contribution is 2.32. The van der Waals surface area contributed by atoms with Gasteiger partial charge >= 0.3 is 0 Å². The zero-order valence-electron chi connectivity index (χ0n) is 14.6. The molecule has 2 heterocycles. The first-order valence-corrected chi connectivity index (χ1v) is 10.6. The fourth-order valence-corrected chi connectivity index (χ4v) is 5.93. The minimum atomic E-state index is -3.51. The van der Waals surface area contributed by atoms with Crippen LogP contribution in [0.25, 0.3) is 0 Å². The van der Waals surface area contributed by atoms with Gasteiger partial charge in [0.2, 0.25) is 0 Å². The highest BCUT2D eigenvalue weighted by Gasteiger charge is 2.36. The number of morpholine rings is 1. The lowest BCUT2D eigenvalue weighted by molar-refractivity contribution is -0.0288. The third kappa shape index (κ3) is 3.74. The molecule has 2 atom stereocenters. The molecule has 7 heteroatoms. The van der Waals surface area contributed by atoms with Crippen LogP contribution in [0.4, 0.5) is 0 Å². The number of methoxy groups -OCH3 is 1. The lowest BCUT2D eigenvalue weighted by atomic mass is 10.1. The smallest absolute Gasteiger partial charge is 0.252 e. The van der Waals surface area contributed by atoms with Gasteiger partial charge in [-0.15, -0.1) is 11.3 Å². The van der Waals surface area contributed by atoms with E-state index in [-0.39, 0.29) is 12.1 Å². The standard InChI is InChI=1S/C18H23NO4S2/c1-4-16-9-10-18(24-16)25(20,21)19-11-17(23-12-13(19)2)14-5-7-15(22-3)8-6-14/h5-10,13,17H,4,11-12H2,1-3H3. The molecule has 25 heavy (non-hydrogen) atoms. The van der Waals surface area contributed by atoms with E-state index in [0.29, 0.717) is 17.4 Å². The van der Waals surface area contributed by atoms with Crippen molar-refractivity contribution in [1.29, 1.82) is 0 Å². The first-order valence-electron chi connectivity index (χ1n) is 8.31. The molecule has 1 aromatic heterocycles. The Balaban J connectivity index is 1.84. The van der Waals surface area contributed by atoms with Crippen LogP contribution in [0.2, 0.25) is 0 Å². The molecule has 0 spiro atoms.